The van der Waals surface area contributed by atoms with E-state index in [1.54, 1.807) is 36.5 Å². The van der Waals surface area contributed by atoms with Crippen molar-refractivity contribution in [2.75, 3.05) is 6.79 Å². The quantitative estimate of drug-likeness (QED) is 0.481. The van der Waals surface area contributed by atoms with Gasteiger partial charge in [-0.15, -0.1) is 0 Å². The fourth-order valence-electron chi connectivity index (χ4n) is 3.82. The van der Waals surface area contributed by atoms with Crippen molar-refractivity contribution in [2.45, 2.75) is 13.5 Å². The first-order valence-electron chi connectivity index (χ1n) is 9.72. The molecule has 0 N–H and O–H groups in total. The summed E-state index contributed by atoms with van der Waals surface area (Å²) in [6.07, 6.45) is 1.66. The van der Waals surface area contributed by atoms with Gasteiger partial charge in [-0.3, -0.25) is 9.59 Å². The van der Waals surface area contributed by atoms with E-state index in [4.69, 9.17) is 9.47 Å². The van der Waals surface area contributed by atoms with Gasteiger partial charge in [0.15, 0.2) is 17.3 Å². The number of benzene rings is 3. The number of rotatable bonds is 4. The van der Waals surface area contributed by atoms with Gasteiger partial charge in [0.1, 0.15) is 0 Å². The highest BCUT2D eigenvalue weighted by atomic mass is 16.7. The van der Waals surface area contributed by atoms with Gasteiger partial charge in [-0.05, 0) is 18.6 Å². The molecule has 5 rings (SSSR count). The summed E-state index contributed by atoms with van der Waals surface area (Å²) < 4.78 is 12.9. The number of aromatic nitrogens is 1. The van der Waals surface area contributed by atoms with Crippen LogP contribution in [0.25, 0.3) is 10.9 Å². The molecule has 30 heavy (non-hydrogen) atoms. The highest BCUT2D eigenvalue weighted by Gasteiger charge is 2.21. The predicted octanol–water partition coefficient (Wildman–Crippen LogP) is 4.32. The highest BCUT2D eigenvalue weighted by Crippen LogP contribution is 2.35. The first kappa shape index (κ1) is 18.2. The molecule has 5 nitrogen and oxygen atoms in total. The normalized spacial score (nSPS) is 12.3. The Bertz CT molecular complexity index is 1340. The van der Waals surface area contributed by atoms with Crippen molar-refractivity contribution in [2.24, 2.45) is 0 Å². The van der Waals surface area contributed by atoms with E-state index in [1.807, 2.05) is 41.8 Å². The van der Waals surface area contributed by atoms with Crippen LogP contribution in [0.1, 0.15) is 27.0 Å². The third-order valence-corrected chi connectivity index (χ3v) is 5.29. The number of nitrogens with zero attached hydrogens (tertiary/aromatic N) is 1. The molecule has 1 aliphatic heterocycles. The molecular weight excluding hydrogens is 378 g/mol. The molecule has 0 amide bonds. The number of ether oxygens (including phenoxy) is 2. The van der Waals surface area contributed by atoms with Crippen LogP contribution in [0.15, 0.2) is 77.7 Å². The van der Waals surface area contributed by atoms with Crippen molar-refractivity contribution in [1.82, 2.24) is 4.57 Å². The summed E-state index contributed by atoms with van der Waals surface area (Å²) in [6.45, 7) is 2.68. The fourth-order valence-corrected chi connectivity index (χ4v) is 3.82. The summed E-state index contributed by atoms with van der Waals surface area (Å²) in [4.78, 5) is 26.4. The molecule has 0 aliphatic carbocycles. The standard InChI is InChI=1S/C25H19NO4/c1-16-6-5-7-17(10-16)13-26-14-20(24(27)18-8-3-2-4-9-18)25(28)19-11-22-23(12-21(19)26)30-15-29-22/h2-12,14H,13,15H2,1H3. The summed E-state index contributed by atoms with van der Waals surface area (Å²) in [5.41, 5.74) is 3.25. The first-order chi connectivity index (χ1) is 14.6. The molecule has 2 heterocycles. The van der Waals surface area contributed by atoms with E-state index in [0.717, 1.165) is 11.1 Å². The molecule has 3 aromatic carbocycles. The van der Waals surface area contributed by atoms with E-state index < -0.39 is 0 Å². The van der Waals surface area contributed by atoms with Crippen LogP contribution in [0.2, 0.25) is 0 Å². The Morgan fingerprint density at radius 1 is 0.967 bits per heavy atom. The Morgan fingerprint density at radius 2 is 1.73 bits per heavy atom. The number of aryl methyl sites for hydroxylation is 1. The van der Waals surface area contributed by atoms with Crippen molar-refractivity contribution < 1.29 is 14.3 Å². The van der Waals surface area contributed by atoms with E-state index in [1.165, 1.54) is 0 Å². The average molecular weight is 397 g/mol. The molecule has 0 unspecified atom stereocenters. The highest BCUT2D eigenvalue weighted by molar-refractivity contribution is 6.10. The molecule has 0 bridgehead atoms. The van der Waals surface area contributed by atoms with Gasteiger partial charge in [0.2, 0.25) is 12.2 Å². The Kier molecular flexibility index (Phi) is 4.36. The number of ketones is 1. The minimum atomic E-state index is -0.308. The van der Waals surface area contributed by atoms with E-state index in [2.05, 4.69) is 6.07 Å². The summed E-state index contributed by atoms with van der Waals surface area (Å²) in [7, 11) is 0. The Labute approximate surface area is 173 Å². The molecule has 5 heteroatoms. The van der Waals surface area contributed by atoms with Crippen LogP contribution in [0, 0.1) is 6.92 Å². The van der Waals surface area contributed by atoms with Gasteiger partial charge in [0.05, 0.1) is 16.5 Å². The Hall–Kier alpha value is -3.86. The van der Waals surface area contributed by atoms with Crippen LogP contribution in [0.4, 0.5) is 0 Å². The van der Waals surface area contributed by atoms with Crippen LogP contribution in [0.5, 0.6) is 11.5 Å². The lowest BCUT2D eigenvalue weighted by Gasteiger charge is -2.14. The second kappa shape index (κ2) is 7.19. The van der Waals surface area contributed by atoms with Gasteiger partial charge in [0, 0.05) is 24.4 Å². The predicted molar refractivity (Wildman–Crippen MR) is 114 cm³/mol. The topological polar surface area (TPSA) is 57.5 Å². The lowest BCUT2D eigenvalue weighted by molar-refractivity contribution is 0.103. The SMILES string of the molecule is Cc1cccc(Cn2cc(C(=O)c3ccccc3)c(=O)c3cc4c(cc32)OCO4)c1. The molecule has 0 saturated heterocycles. The van der Waals surface area contributed by atoms with Gasteiger partial charge >= 0.3 is 0 Å². The van der Waals surface area contributed by atoms with Gasteiger partial charge in [-0.1, -0.05) is 60.2 Å². The van der Waals surface area contributed by atoms with Gasteiger partial charge in [0.25, 0.3) is 0 Å². The van der Waals surface area contributed by atoms with E-state index in [0.29, 0.717) is 34.5 Å². The van der Waals surface area contributed by atoms with Gasteiger partial charge in [-0.25, -0.2) is 0 Å². The van der Waals surface area contributed by atoms with Crippen molar-refractivity contribution >= 4 is 16.7 Å². The lowest BCUT2D eigenvalue weighted by Crippen LogP contribution is -2.20. The number of carbonyl (C=O) groups excluding carboxylic acids is 1. The summed E-state index contributed by atoms with van der Waals surface area (Å²) in [6, 6.07) is 20.5. The Morgan fingerprint density at radius 3 is 2.50 bits per heavy atom. The van der Waals surface area contributed by atoms with E-state index in [-0.39, 0.29) is 23.6 Å². The molecule has 1 aromatic heterocycles. The number of hydrogen-bond acceptors (Lipinski definition) is 4. The maximum atomic E-state index is 13.3. The summed E-state index contributed by atoms with van der Waals surface area (Å²) >= 11 is 0. The number of hydrogen-bond donors (Lipinski definition) is 0. The van der Waals surface area contributed by atoms with Crippen molar-refractivity contribution in [3.63, 3.8) is 0 Å². The molecule has 0 saturated carbocycles. The smallest absolute Gasteiger partial charge is 0.231 e. The Balaban J connectivity index is 1.73. The number of carbonyl (C=O) groups is 1. The zero-order valence-electron chi connectivity index (χ0n) is 16.4. The largest absolute Gasteiger partial charge is 0.454 e. The van der Waals surface area contributed by atoms with E-state index >= 15 is 0 Å². The van der Waals surface area contributed by atoms with Crippen molar-refractivity contribution in [3.05, 3.63) is 105 Å². The second-order valence-electron chi connectivity index (χ2n) is 7.41. The first-order valence-corrected chi connectivity index (χ1v) is 9.72. The van der Waals surface area contributed by atoms with Crippen molar-refractivity contribution in [3.8, 4) is 11.5 Å². The van der Waals surface area contributed by atoms with Crippen LogP contribution < -0.4 is 14.9 Å². The fraction of sp³-hybridized carbons (Fsp3) is 0.120. The average Bonchev–Trinajstić information content (AvgIpc) is 3.22. The molecule has 4 aromatic rings. The zero-order valence-corrected chi connectivity index (χ0v) is 16.4. The van der Waals surface area contributed by atoms with Crippen LogP contribution >= 0.6 is 0 Å². The summed E-state index contributed by atoms with van der Waals surface area (Å²) in [5.74, 6) is 0.825. The van der Waals surface area contributed by atoms with Crippen LogP contribution in [-0.4, -0.2) is 17.1 Å². The third kappa shape index (κ3) is 3.14. The molecule has 0 spiro atoms. The maximum Gasteiger partial charge on any atom is 0.231 e. The van der Waals surface area contributed by atoms with Crippen molar-refractivity contribution in [1.29, 1.82) is 0 Å². The molecule has 0 fully saturated rings. The minimum absolute atomic E-state index is 0.119. The number of pyridine rings is 1. The van der Waals surface area contributed by atoms with Gasteiger partial charge in [-0.2, -0.15) is 0 Å². The van der Waals surface area contributed by atoms with Crippen LogP contribution in [0.3, 0.4) is 0 Å². The molecule has 0 atom stereocenters. The summed E-state index contributed by atoms with van der Waals surface area (Å²) in [5, 5.41) is 0.439. The van der Waals surface area contributed by atoms with Gasteiger partial charge < -0.3 is 14.0 Å². The molecule has 0 radical (unpaired) electrons. The second-order valence-corrected chi connectivity index (χ2v) is 7.41. The lowest BCUT2D eigenvalue weighted by atomic mass is 10.0. The monoisotopic (exact) mass is 397 g/mol. The third-order valence-electron chi connectivity index (χ3n) is 5.29. The molecule has 148 valence electrons. The zero-order chi connectivity index (χ0) is 20.7. The maximum absolute atomic E-state index is 13.3. The molecule has 1 aliphatic rings. The minimum Gasteiger partial charge on any atom is -0.454 e. The number of fused-ring (bicyclic) bond motifs is 2. The molecular formula is C25H19NO4. The van der Waals surface area contributed by atoms with Crippen LogP contribution in [-0.2, 0) is 6.54 Å². The van der Waals surface area contributed by atoms with E-state index in [9.17, 15) is 9.59 Å².